The number of unbranched alkanes of at least 4 members (excludes halogenated alkanes) is 1. The molecule has 1 aromatic carbocycles. The molecule has 2 amide bonds. The number of carbonyl (C=O) groups is 2. The normalized spacial score (nSPS) is 19.7. The average molecular weight is 331 g/mol. The lowest BCUT2D eigenvalue weighted by atomic mass is 9.97. The first-order valence-corrected chi connectivity index (χ1v) is 8.37. The zero-order valence-electron chi connectivity index (χ0n) is 14.1. The van der Waals surface area contributed by atoms with Gasteiger partial charge in [0, 0.05) is 0 Å². The highest BCUT2D eigenvalue weighted by Gasteiger charge is 2.41. The van der Waals surface area contributed by atoms with E-state index in [-0.39, 0.29) is 18.6 Å². The Labute approximate surface area is 142 Å². The lowest BCUT2D eigenvalue weighted by molar-refractivity contribution is -0.136. The summed E-state index contributed by atoms with van der Waals surface area (Å²) in [6.45, 7) is 5.49. The number of carbonyl (C=O) groups excluding carboxylic acids is 2. The van der Waals surface area contributed by atoms with E-state index in [0.717, 1.165) is 18.4 Å². The van der Waals surface area contributed by atoms with Crippen LogP contribution in [0.5, 0.6) is 0 Å². The van der Waals surface area contributed by atoms with Crippen molar-refractivity contribution in [2.45, 2.75) is 44.8 Å². The van der Waals surface area contributed by atoms with Crippen molar-refractivity contribution in [3.05, 3.63) is 48.6 Å². The smallest absolute Gasteiger partial charge is 0.416 e. The van der Waals surface area contributed by atoms with Gasteiger partial charge in [0.2, 0.25) is 5.91 Å². The van der Waals surface area contributed by atoms with Crippen molar-refractivity contribution < 1.29 is 19.4 Å². The number of hydrogen-bond acceptors (Lipinski definition) is 4. The van der Waals surface area contributed by atoms with E-state index in [2.05, 4.69) is 6.58 Å². The summed E-state index contributed by atoms with van der Waals surface area (Å²) in [6, 6.07) is 9.36. The van der Waals surface area contributed by atoms with Crippen molar-refractivity contribution in [1.29, 1.82) is 0 Å². The Kier molecular flexibility index (Phi) is 6.55. The van der Waals surface area contributed by atoms with E-state index in [4.69, 9.17) is 4.74 Å². The molecule has 0 aliphatic carbocycles. The van der Waals surface area contributed by atoms with Gasteiger partial charge in [-0.3, -0.25) is 4.79 Å². The number of amides is 2. The van der Waals surface area contributed by atoms with Crippen molar-refractivity contribution in [3.8, 4) is 0 Å². The Hall–Kier alpha value is -2.14. The predicted octanol–water partition coefficient (Wildman–Crippen LogP) is 2.93. The number of aliphatic hydroxyl groups is 1. The summed E-state index contributed by atoms with van der Waals surface area (Å²) in [6.07, 6.45) is 3.00. The molecule has 0 spiro atoms. The maximum absolute atomic E-state index is 12.7. The van der Waals surface area contributed by atoms with Crippen LogP contribution in [0.3, 0.4) is 0 Å². The average Bonchev–Trinajstić information content (AvgIpc) is 2.95. The van der Waals surface area contributed by atoms with Crippen LogP contribution in [0.15, 0.2) is 43.0 Å². The van der Waals surface area contributed by atoms with Gasteiger partial charge >= 0.3 is 6.09 Å². The number of imide groups is 1. The van der Waals surface area contributed by atoms with Gasteiger partial charge < -0.3 is 9.84 Å². The third-order valence-electron chi connectivity index (χ3n) is 4.39. The second-order valence-electron chi connectivity index (χ2n) is 6.20. The van der Waals surface area contributed by atoms with E-state index >= 15 is 0 Å². The van der Waals surface area contributed by atoms with E-state index in [1.165, 1.54) is 4.90 Å². The first-order valence-electron chi connectivity index (χ1n) is 8.37. The molecule has 1 aliphatic heterocycles. The van der Waals surface area contributed by atoms with Crippen molar-refractivity contribution in [2.24, 2.45) is 5.92 Å². The van der Waals surface area contributed by atoms with Crippen molar-refractivity contribution in [1.82, 2.24) is 4.90 Å². The van der Waals surface area contributed by atoms with Crippen molar-refractivity contribution in [3.63, 3.8) is 0 Å². The number of benzene rings is 1. The van der Waals surface area contributed by atoms with Crippen molar-refractivity contribution in [2.75, 3.05) is 6.61 Å². The van der Waals surface area contributed by atoms with Crippen LogP contribution in [-0.2, 0) is 16.0 Å². The minimum absolute atomic E-state index is 0.193. The molecule has 0 saturated carbocycles. The molecule has 24 heavy (non-hydrogen) atoms. The third-order valence-corrected chi connectivity index (χ3v) is 4.39. The number of allylic oxidation sites excluding steroid dienone is 1. The Balaban J connectivity index is 2.01. The molecule has 0 bridgehead atoms. The first kappa shape index (κ1) is 18.2. The van der Waals surface area contributed by atoms with Crippen LogP contribution in [-0.4, -0.2) is 40.8 Å². The van der Waals surface area contributed by atoms with Crippen molar-refractivity contribution >= 4 is 12.0 Å². The first-order chi connectivity index (χ1) is 11.5. The molecule has 0 radical (unpaired) electrons. The molecule has 1 aliphatic rings. The minimum Gasteiger partial charge on any atom is -0.447 e. The Morgan fingerprint density at radius 3 is 2.83 bits per heavy atom. The van der Waals surface area contributed by atoms with E-state index in [9.17, 15) is 14.7 Å². The number of aliphatic hydroxyl groups excluding tert-OH is 1. The summed E-state index contributed by atoms with van der Waals surface area (Å²) in [4.78, 5) is 25.8. The Morgan fingerprint density at radius 2 is 2.17 bits per heavy atom. The SMILES string of the molecule is C=CCCC[C@H](O)[C@@H](C)C(=O)N1C(=O)OC[C@H]1Cc1ccccc1. The highest BCUT2D eigenvalue weighted by Crippen LogP contribution is 2.22. The lowest BCUT2D eigenvalue weighted by Crippen LogP contribution is -2.45. The second kappa shape index (κ2) is 8.64. The molecule has 2 rings (SSSR count). The standard InChI is InChI=1S/C19H25NO4/c1-3-4-6-11-17(21)14(2)18(22)20-16(13-24-19(20)23)12-15-9-7-5-8-10-15/h3,5,7-10,14,16-17,21H,1,4,6,11-13H2,2H3/t14-,16-,17+/m1/s1. The minimum atomic E-state index is -0.775. The monoisotopic (exact) mass is 331 g/mol. The van der Waals surface area contributed by atoms with Gasteiger partial charge in [-0.05, 0) is 31.2 Å². The van der Waals surface area contributed by atoms with Crippen LogP contribution >= 0.6 is 0 Å². The molecule has 1 aromatic rings. The summed E-state index contributed by atoms with van der Waals surface area (Å²) in [5.74, 6) is -1.01. The van der Waals surface area contributed by atoms with Crippen LogP contribution in [0.2, 0.25) is 0 Å². The zero-order chi connectivity index (χ0) is 17.5. The fourth-order valence-electron chi connectivity index (χ4n) is 2.87. The lowest BCUT2D eigenvalue weighted by Gasteiger charge is -2.25. The van der Waals surface area contributed by atoms with Crippen LogP contribution in [0.1, 0.15) is 31.7 Å². The highest BCUT2D eigenvalue weighted by molar-refractivity contribution is 5.94. The summed E-state index contributed by atoms with van der Waals surface area (Å²) in [5.41, 5.74) is 1.04. The van der Waals surface area contributed by atoms with Gasteiger partial charge in [-0.25, -0.2) is 9.69 Å². The maximum atomic E-state index is 12.7. The maximum Gasteiger partial charge on any atom is 0.416 e. The van der Waals surface area contributed by atoms with Crippen LogP contribution in [0, 0.1) is 5.92 Å². The fourth-order valence-corrected chi connectivity index (χ4v) is 2.87. The number of ether oxygens (including phenoxy) is 1. The molecular weight excluding hydrogens is 306 g/mol. The largest absolute Gasteiger partial charge is 0.447 e. The van der Waals surface area contributed by atoms with Gasteiger partial charge in [-0.1, -0.05) is 43.3 Å². The van der Waals surface area contributed by atoms with Gasteiger partial charge in [0.15, 0.2) is 0 Å². The molecule has 1 saturated heterocycles. The molecule has 1 fully saturated rings. The van der Waals surface area contributed by atoms with Gasteiger partial charge in [-0.15, -0.1) is 6.58 Å². The summed E-state index contributed by atoms with van der Waals surface area (Å²) in [7, 11) is 0. The number of nitrogens with zero attached hydrogens (tertiary/aromatic N) is 1. The third kappa shape index (κ3) is 4.45. The molecule has 0 aromatic heterocycles. The van der Waals surface area contributed by atoms with Crippen LogP contribution < -0.4 is 0 Å². The number of rotatable bonds is 8. The topological polar surface area (TPSA) is 66.8 Å². The summed E-state index contributed by atoms with van der Waals surface area (Å²) in [5, 5.41) is 10.2. The molecule has 3 atom stereocenters. The number of cyclic esters (lactones) is 1. The quantitative estimate of drug-likeness (QED) is 0.587. The second-order valence-corrected chi connectivity index (χ2v) is 6.20. The van der Waals surface area contributed by atoms with Crippen LogP contribution in [0.4, 0.5) is 4.79 Å². The van der Waals surface area contributed by atoms with Crippen LogP contribution in [0.25, 0.3) is 0 Å². The van der Waals surface area contributed by atoms with Gasteiger partial charge in [-0.2, -0.15) is 0 Å². The fraction of sp³-hybridized carbons (Fsp3) is 0.474. The predicted molar refractivity (Wildman–Crippen MR) is 91.3 cm³/mol. The highest BCUT2D eigenvalue weighted by atomic mass is 16.6. The van der Waals surface area contributed by atoms with E-state index in [1.807, 2.05) is 30.3 Å². The Morgan fingerprint density at radius 1 is 1.46 bits per heavy atom. The Bertz CT molecular complexity index is 572. The molecule has 1 N–H and O–H groups in total. The zero-order valence-corrected chi connectivity index (χ0v) is 14.1. The molecule has 5 nitrogen and oxygen atoms in total. The summed E-state index contributed by atoms with van der Waals surface area (Å²) < 4.78 is 5.07. The van der Waals surface area contributed by atoms with E-state index in [0.29, 0.717) is 12.8 Å². The van der Waals surface area contributed by atoms with Gasteiger partial charge in [0.1, 0.15) is 6.61 Å². The molecular formula is C19H25NO4. The summed E-state index contributed by atoms with van der Waals surface area (Å²) >= 11 is 0. The molecule has 5 heteroatoms. The van der Waals surface area contributed by atoms with Gasteiger partial charge in [0.25, 0.3) is 0 Å². The van der Waals surface area contributed by atoms with E-state index in [1.54, 1.807) is 13.0 Å². The van der Waals surface area contributed by atoms with Gasteiger partial charge in [0.05, 0.1) is 18.1 Å². The number of hydrogen-bond donors (Lipinski definition) is 1. The molecule has 1 heterocycles. The molecule has 0 unspecified atom stereocenters. The molecule has 130 valence electrons. The van der Waals surface area contributed by atoms with E-state index < -0.39 is 18.1 Å².